The monoisotopic (exact) mass is 416 g/mol. The molecule has 0 saturated carbocycles. The molecule has 0 saturated heterocycles. The van der Waals surface area contributed by atoms with Crippen molar-refractivity contribution in [1.29, 1.82) is 0 Å². The van der Waals surface area contributed by atoms with Gasteiger partial charge in [0.05, 0.1) is 15.3 Å². The largest absolute Gasteiger partial charge is 0.423 e. The number of hydrogen-bond donors (Lipinski definition) is 0. The van der Waals surface area contributed by atoms with E-state index in [1.807, 2.05) is 6.07 Å². The topological polar surface area (TPSA) is 56.5 Å². The van der Waals surface area contributed by atoms with Gasteiger partial charge >= 0.3 is 10.9 Å². The van der Waals surface area contributed by atoms with Crippen LogP contribution < -0.4 is 9.68 Å². The van der Waals surface area contributed by atoms with Crippen LogP contribution >= 0.6 is 34.5 Å². The van der Waals surface area contributed by atoms with Gasteiger partial charge in [-0.3, -0.25) is 0 Å². The summed E-state index contributed by atoms with van der Waals surface area (Å²) in [6.07, 6.45) is 0. The van der Waals surface area contributed by atoms with Gasteiger partial charge in [0.2, 0.25) is 0 Å². The second-order valence-corrected chi connectivity index (χ2v) is 7.45. The summed E-state index contributed by atoms with van der Waals surface area (Å²) in [6.45, 7) is 0. The molecule has 7 heteroatoms. The van der Waals surface area contributed by atoms with Crippen LogP contribution in [-0.2, 0) is 0 Å². The second-order valence-electron chi connectivity index (χ2n) is 5.63. The lowest BCUT2D eigenvalue weighted by molar-refractivity contribution is 0.0735. The van der Waals surface area contributed by atoms with E-state index in [2.05, 4.69) is 0 Å². The molecular formula is C20H10Cl2O4S. The minimum Gasteiger partial charge on any atom is -0.423 e. The Hall–Kier alpha value is -2.60. The number of fused-ring (bicyclic) bond motifs is 1. The number of carbonyl (C=O) groups excluding carboxylic acids is 1. The van der Waals surface area contributed by atoms with Crippen molar-refractivity contribution < 1.29 is 13.9 Å². The van der Waals surface area contributed by atoms with Crippen LogP contribution in [0.25, 0.3) is 21.4 Å². The highest BCUT2D eigenvalue weighted by atomic mass is 35.5. The number of rotatable bonds is 3. The van der Waals surface area contributed by atoms with Crippen LogP contribution in [0.4, 0.5) is 0 Å². The number of carbonyl (C=O) groups is 1. The van der Waals surface area contributed by atoms with Crippen LogP contribution in [0.15, 0.2) is 69.9 Å². The zero-order valence-electron chi connectivity index (χ0n) is 13.6. The maximum absolute atomic E-state index is 12.5. The molecule has 0 radical (unpaired) electrons. The van der Waals surface area contributed by atoms with Crippen LogP contribution in [0.3, 0.4) is 0 Å². The third-order valence-corrected chi connectivity index (χ3v) is 5.18. The maximum Gasteiger partial charge on any atom is 0.396 e. The molecule has 0 aliphatic rings. The lowest BCUT2D eigenvalue weighted by Gasteiger charge is -2.09. The molecule has 4 aromatic rings. The number of esters is 1. The van der Waals surface area contributed by atoms with Gasteiger partial charge in [0.15, 0.2) is 5.58 Å². The predicted octanol–water partition coefficient (Wildman–Crippen LogP) is 6.05. The molecular weight excluding hydrogens is 407 g/mol. The van der Waals surface area contributed by atoms with Crippen molar-refractivity contribution >= 4 is 50.8 Å². The molecule has 134 valence electrons. The Bertz CT molecular complexity index is 1230. The molecule has 1 aromatic heterocycles. The van der Waals surface area contributed by atoms with Crippen molar-refractivity contribution in [3.63, 3.8) is 0 Å². The van der Waals surface area contributed by atoms with Crippen LogP contribution in [-0.4, -0.2) is 5.97 Å². The van der Waals surface area contributed by atoms with E-state index < -0.39 is 10.9 Å². The molecule has 4 nitrogen and oxygen atoms in total. The number of halogens is 2. The summed E-state index contributed by atoms with van der Waals surface area (Å²) in [7, 11) is 0. The quantitative estimate of drug-likeness (QED) is 0.301. The van der Waals surface area contributed by atoms with Gasteiger partial charge in [0, 0.05) is 16.7 Å². The first-order valence-corrected chi connectivity index (χ1v) is 9.39. The summed E-state index contributed by atoms with van der Waals surface area (Å²) in [5, 5.41) is 0.836. The molecule has 0 fully saturated rings. The summed E-state index contributed by atoms with van der Waals surface area (Å²) in [6, 6.07) is 17.0. The van der Waals surface area contributed by atoms with E-state index in [1.165, 1.54) is 0 Å². The van der Waals surface area contributed by atoms with Gasteiger partial charge in [0.1, 0.15) is 5.75 Å². The molecule has 1 heterocycles. The Morgan fingerprint density at radius 1 is 1.00 bits per heavy atom. The average Bonchev–Trinajstić information content (AvgIpc) is 3.01. The van der Waals surface area contributed by atoms with Crippen LogP contribution in [0.5, 0.6) is 5.75 Å². The molecule has 0 amide bonds. The fourth-order valence-electron chi connectivity index (χ4n) is 2.67. The standard InChI is InChI=1S/C20H10Cl2O4S/c21-12-5-3-4-11(8-12)15-9-13(10-17-18(15)26-20(24)27-17)25-19(23)14-6-1-2-7-16(14)22/h1-10H. The van der Waals surface area contributed by atoms with Crippen molar-refractivity contribution in [2.45, 2.75) is 0 Å². The second kappa shape index (κ2) is 7.19. The Kier molecular flexibility index (Phi) is 4.74. The van der Waals surface area contributed by atoms with Gasteiger partial charge in [-0.1, -0.05) is 58.8 Å². The summed E-state index contributed by atoms with van der Waals surface area (Å²) < 4.78 is 11.4. The van der Waals surface area contributed by atoms with E-state index in [0.29, 0.717) is 25.9 Å². The van der Waals surface area contributed by atoms with Crippen molar-refractivity contribution in [1.82, 2.24) is 0 Å². The Labute approximate surface area is 167 Å². The van der Waals surface area contributed by atoms with Crippen molar-refractivity contribution in [3.8, 4) is 16.9 Å². The first-order valence-electron chi connectivity index (χ1n) is 7.81. The highest BCUT2D eigenvalue weighted by Crippen LogP contribution is 2.35. The molecule has 0 spiro atoms. The molecule has 0 aliphatic carbocycles. The fraction of sp³-hybridized carbons (Fsp3) is 0. The third kappa shape index (κ3) is 3.62. The van der Waals surface area contributed by atoms with Crippen molar-refractivity contribution in [3.05, 3.63) is 86.0 Å². The van der Waals surface area contributed by atoms with E-state index in [-0.39, 0.29) is 11.3 Å². The van der Waals surface area contributed by atoms with Crippen LogP contribution in [0, 0.1) is 0 Å². The number of benzene rings is 3. The van der Waals surface area contributed by atoms with Gasteiger partial charge in [-0.25, -0.2) is 9.59 Å². The lowest BCUT2D eigenvalue weighted by atomic mass is 10.0. The summed E-state index contributed by atoms with van der Waals surface area (Å²) >= 11 is 13.1. The van der Waals surface area contributed by atoms with E-state index >= 15 is 0 Å². The van der Waals surface area contributed by atoms with E-state index in [0.717, 1.165) is 16.9 Å². The van der Waals surface area contributed by atoms with E-state index in [1.54, 1.807) is 54.6 Å². The summed E-state index contributed by atoms with van der Waals surface area (Å²) in [5.41, 5.74) is 2.02. The van der Waals surface area contributed by atoms with Crippen molar-refractivity contribution in [2.24, 2.45) is 0 Å². The van der Waals surface area contributed by atoms with Gasteiger partial charge < -0.3 is 9.15 Å². The lowest BCUT2D eigenvalue weighted by Crippen LogP contribution is -2.09. The van der Waals surface area contributed by atoms with Crippen LogP contribution in [0.1, 0.15) is 10.4 Å². The number of ether oxygens (including phenoxy) is 1. The zero-order valence-corrected chi connectivity index (χ0v) is 15.9. The molecule has 0 bridgehead atoms. The predicted molar refractivity (Wildman–Crippen MR) is 107 cm³/mol. The average molecular weight is 417 g/mol. The van der Waals surface area contributed by atoms with Gasteiger partial charge in [-0.05, 0) is 35.9 Å². The van der Waals surface area contributed by atoms with Gasteiger partial charge in [-0.2, -0.15) is 0 Å². The molecule has 3 aromatic carbocycles. The van der Waals surface area contributed by atoms with Gasteiger partial charge in [-0.15, -0.1) is 0 Å². The van der Waals surface area contributed by atoms with Crippen molar-refractivity contribution in [2.75, 3.05) is 0 Å². The molecule has 0 N–H and O–H groups in total. The summed E-state index contributed by atoms with van der Waals surface area (Å²) in [5.74, 6) is -0.313. The van der Waals surface area contributed by atoms with Gasteiger partial charge in [0.25, 0.3) is 0 Å². The highest BCUT2D eigenvalue weighted by molar-refractivity contribution is 7.16. The molecule has 27 heavy (non-hydrogen) atoms. The molecule has 0 aliphatic heterocycles. The first kappa shape index (κ1) is 17.8. The Morgan fingerprint density at radius 3 is 2.59 bits per heavy atom. The summed E-state index contributed by atoms with van der Waals surface area (Å²) in [4.78, 5) is 23.8. The fourth-order valence-corrected chi connectivity index (χ4v) is 3.80. The minimum atomic E-state index is -0.590. The Morgan fingerprint density at radius 2 is 1.81 bits per heavy atom. The van der Waals surface area contributed by atoms with Crippen LogP contribution in [0.2, 0.25) is 10.0 Å². The highest BCUT2D eigenvalue weighted by Gasteiger charge is 2.17. The third-order valence-electron chi connectivity index (χ3n) is 3.85. The van der Waals surface area contributed by atoms with E-state index in [9.17, 15) is 9.59 Å². The first-order chi connectivity index (χ1) is 13.0. The van der Waals surface area contributed by atoms with E-state index in [4.69, 9.17) is 32.4 Å². The minimum absolute atomic E-state index is 0.254. The normalized spacial score (nSPS) is 10.9. The zero-order chi connectivity index (χ0) is 19.0. The Balaban J connectivity index is 1.81. The smallest absolute Gasteiger partial charge is 0.396 e. The maximum atomic E-state index is 12.5. The number of hydrogen-bond acceptors (Lipinski definition) is 5. The SMILES string of the molecule is O=C(Oc1cc(-c2cccc(Cl)c2)c2oc(=O)sc2c1)c1ccccc1Cl. The molecule has 4 rings (SSSR count). The molecule has 0 atom stereocenters. The molecule has 0 unspecified atom stereocenters.